The lowest BCUT2D eigenvalue weighted by Gasteiger charge is -2.14. The number of amides is 1. The summed E-state index contributed by atoms with van der Waals surface area (Å²) >= 11 is 1.35. The molecule has 1 amide bonds. The zero-order valence-corrected chi connectivity index (χ0v) is 11.8. The topological polar surface area (TPSA) is 84.2 Å². The van der Waals surface area contributed by atoms with Crippen LogP contribution in [-0.2, 0) is 11.3 Å². The van der Waals surface area contributed by atoms with E-state index in [2.05, 4.69) is 20.1 Å². The number of hydrogen-bond donors (Lipinski definition) is 1. The zero-order valence-electron chi connectivity index (χ0n) is 11.0. The minimum absolute atomic E-state index is 0.133. The molecule has 2 aromatic heterocycles. The standard InChI is InChI=1S/C11H15N5O2S/c1-7-4-10(14-18-7)12-11(17)6-16(3)5-9-8(2)13-15-19-9/h4H,5-6H2,1-3H3,(H,12,14,17). The van der Waals surface area contributed by atoms with Crippen molar-refractivity contribution in [2.75, 3.05) is 18.9 Å². The van der Waals surface area contributed by atoms with Gasteiger partial charge < -0.3 is 9.84 Å². The number of hydrogen-bond acceptors (Lipinski definition) is 7. The smallest absolute Gasteiger partial charge is 0.239 e. The van der Waals surface area contributed by atoms with Crippen LogP contribution < -0.4 is 5.32 Å². The van der Waals surface area contributed by atoms with Gasteiger partial charge >= 0.3 is 0 Å². The molecule has 7 nitrogen and oxygen atoms in total. The van der Waals surface area contributed by atoms with E-state index in [1.165, 1.54) is 11.5 Å². The van der Waals surface area contributed by atoms with Crippen molar-refractivity contribution < 1.29 is 9.32 Å². The number of rotatable bonds is 5. The Morgan fingerprint density at radius 1 is 1.53 bits per heavy atom. The Labute approximate surface area is 114 Å². The molecule has 102 valence electrons. The molecule has 0 aliphatic carbocycles. The van der Waals surface area contributed by atoms with Crippen LogP contribution in [0.4, 0.5) is 5.82 Å². The van der Waals surface area contributed by atoms with Gasteiger partial charge in [0.25, 0.3) is 0 Å². The van der Waals surface area contributed by atoms with Crippen LogP contribution >= 0.6 is 11.5 Å². The average Bonchev–Trinajstić information content (AvgIpc) is 2.89. The van der Waals surface area contributed by atoms with Crippen molar-refractivity contribution in [1.82, 2.24) is 19.6 Å². The highest BCUT2D eigenvalue weighted by Crippen LogP contribution is 2.11. The Bertz CT molecular complexity index is 565. The van der Waals surface area contributed by atoms with Gasteiger partial charge in [0.05, 0.1) is 17.1 Å². The van der Waals surface area contributed by atoms with Crippen LogP contribution in [0.25, 0.3) is 0 Å². The number of aromatic nitrogens is 3. The summed E-state index contributed by atoms with van der Waals surface area (Å²) in [5, 5.41) is 10.3. The van der Waals surface area contributed by atoms with Gasteiger partial charge in [0.2, 0.25) is 5.91 Å². The van der Waals surface area contributed by atoms with Gasteiger partial charge in [0.15, 0.2) is 5.82 Å². The molecule has 0 aliphatic heterocycles. The van der Waals surface area contributed by atoms with Crippen molar-refractivity contribution >= 4 is 23.3 Å². The Morgan fingerprint density at radius 2 is 2.32 bits per heavy atom. The summed E-state index contributed by atoms with van der Waals surface area (Å²) in [6.45, 7) is 4.59. The van der Waals surface area contributed by atoms with Crippen LogP contribution in [-0.4, -0.2) is 39.1 Å². The SMILES string of the molecule is Cc1cc(NC(=O)CN(C)Cc2snnc2C)no1. The summed E-state index contributed by atoms with van der Waals surface area (Å²) in [5.41, 5.74) is 0.907. The number of carbonyl (C=O) groups excluding carboxylic acids is 1. The maximum Gasteiger partial charge on any atom is 0.239 e. The van der Waals surface area contributed by atoms with Crippen LogP contribution in [0.1, 0.15) is 16.3 Å². The van der Waals surface area contributed by atoms with E-state index in [0.717, 1.165) is 10.6 Å². The number of carbonyl (C=O) groups is 1. The fraction of sp³-hybridized carbons (Fsp3) is 0.455. The average molecular weight is 281 g/mol. The van der Waals surface area contributed by atoms with E-state index in [-0.39, 0.29) is 12.5 Å². The molecule has 0 radical (unpaired) electrons. The van der Waals surface area contributed by atoms with Crippen molar-refractivity contribution in [3.63, 3.8) is 0 Å². The maximum atomic E-state index is 11.8. The first kappa shape index (κ1) is 13.6. The molecule has 19 heavy (non-hydrogen) atoms. The fourth-order valence-corrected chi connectivity index (χ4v) is 2.26. The van der Waals surface area contributed by atoms with Crippen molar-refractivity contribution in [3.8, 4) is 0 Å². The molecular formula is C11H15N5O2S. The maximum absolute atomic E-state index is 11.8. The molecule has 0 saturated heterocycles. The van der Waals surface area contributed by atoms with E-state index >= 15 is 0 Å². The Balaban J connectivity index is 1.83. The summed E-state index contributed by atoms with van der Waals surface area (Å²) in [4.78, 5) is 14.7. The van der Waals surface area contributed by atoms with Crippen LogP contribution in [0, 0.1) is 13.8 Å². The van der Waals surface area contributed by atoms with Gasteiger partial charge in [-0.05, 0) is 32.4 Å². The lowest BCUT2D eigenvalue weighted by molar-refractivity contribution is -0.117. The second kappa shape index (κ2) is 5.89. The normalized spacial score (nSPS) is 10.9. The molecule has 0 bridgehead atoms. The Morgan fingerprint density at radius 3 is 2.89 bits per heavy atom. The van der Waals surface area contributed by atoms with Crippen LogP contribution in [0.5, 0.6) is 0 Å². The van der Waals surface area contributed by atoms with E-state index in [9.17, 15) is 4.79 Å². The van der Waals surface area contributed by atoms with Crippen LogP contribution in [0.15, 0.2) is 10.6 Å². The molecule has 2 rings (SSSR count). The highest BCUT2D eigenvalue weighted by atomic mass is 32.1. The van der Waals surface area contributed by atoms with Crippen LogP contribution in [0.2, 0.25) is 0 Å². The van der Waals surface area contributed by atoms with E-state index in [4.69, 9.17) is 4.52 Å². The number of nitrogens with one attached hydrogen (secondary N) is 1. The number of nitrogens with zero attached hydrogens (tertiary/aromatic N) is 4. The zero-order chi connectivity index (χ0) is 13.8. The third kappa shape index (κ3) is 3.83. The lowest BCUT2D eigenvalue weighted by Crippen LogP contribution is -2.29. The molecule has 0 aliphatic rings. The van der Waals surface area contributed by atoms with Crippen LogP contribution in [0.3, 0.4) is 0 Å². The Hall–Kier alpha value is -1.80. The number of aryl methyl sites for hydroxylation is 2. The van der Waals surface area contributed by atoms with Gasteiger partial charge in [0.1, 0.15) is 5.76 Å². The van der Waals surface area contributed by atoms with E-state index in [1.807, 2.05) is 18.9 Å². The first-order valence-corrected chi connectivity index (χ1v) is 6.51. The van der Waals surface area contributed by atoms with Crippen molar-refractivity contribution in [2.45, 2.75) is 20.4 Å². The molecule has 0 unspecified atom stereocenters. The van der Waals surface area contributed by atoms with Gasteiger partial charge in [-0.15, -0.1) is 5.10 Å². The molecule has 2 heterocycles. The second-order valence-corrected chi connectivity index (χ2v) is 5.16. The van der Waals surface area contributed by atoms with Gasteiger partial charge in [-0.25, -0.2) is 0 Å². The minimum atomic E-state index is -0.133. The lowest BCUT2D eigenvalue weighted by atomic mass is 10.3. The molecule has 0 spiro atoms. The van der Waals surface area contributed by atoms with E-state index in [0.29, 0.717) is 18.1 Å². The molecule has 2 aromatic rings. The molecule has 0 aromatic carbocycles. The molecule has 0 atom stereocenters. The third-order valence-corrected chi connectivity index (χ3v) is 3.28. The van der Waals surface area contributed by atoms with Gasteiger partial charge in [0, 0.05) is 12.6 Å². The molecule has 0 fully saturated rings. The highest BCUT2D eigenvalue weighted by molar-refractivity contribution is 7.05. The summed E-state index contributed by atoms with van der Waals surface area (Å²) in [6, 6.07) is 1.68. The molecule has 1 N–H and O–H groups in total. The van der Waals surface area contributed by atoms with E-state index in [1.54, 1.807) is 13.0 Å². The second-order valence-electron chi connectivity index (χ2n) is 4.32. The third-order valence-electron chi connectivity index (χ3n) is 2.47. The summed E-state index contributed by atoms with van der Waals surface area (Å²) in [7, 11) is 1.87. The van der Waals surface area contributed by atoms with Crippen molar-refractivity contribution in [2.24, 2.45) is 0 Å². The quantitative estimate of drug-likeness (QED) is 0.887. The first-order valence-electron chi connectivity index (χ1n) is 5.74. The minimum Gasteiger partial charge on any atom is -0.360 e. The molecule has 8 heteroatoms. The summed E-state index contributed by atoms with van der Waals surface area (Å²) < 4.78 is 8.74. The summed E-state index contributed by atoms with van der Waals surface area (Å²) in [6.07, 6.45) is 0. The number of likely N-dealkylation sites (N-methyl/N-ethyl adjacent to an activating group) is 1. The van der Waals surface area contributed by atoms with Crippen molar-refractivity contribution in [3.05, 3.63) is 22.4 Å². The molecular weight excluding hydrogens is 266 g/mol. The first-order chi connectivity index (χ1) is 9.04. The number of anilines is 1. The van der Waals surface area contributed by atoms with E-state index < -0.39 is 0 Å². The predicted octanol–water partition coefficient (Wildman–Crippen LogP) is 1.21. The summed E-state index contributed by atoms with van der Waals surface area (Å²) in [5.74, 6) is 0.965. The molecule has 0 saturated carbocycles. The largest absolute Gasteiger partial charge is 0.360 e. The Kier molecular flexibility index (Phi) is 4.23. The van der Waals surface area contributed by atoms with Gasteiger partial charge in [-0.1, -0.05) is 9.64 Å². The van der Waals surface area contributed by atoms with Crippen molar-refractivity contribution in [1.29, 1.82) is 0 Å². The highest BCUT2D eigenvalue weighted by Gasteiger charge is 2.12. The predicted molar refractivity (Wildman–Crippen MR) is 70.8 cm³/mol. The fourth-order valence-electron chi connectivity index (χ4n) is 1.55. The van der Waals surface area contributed by atoms with Gasteiger partial charge in [-0.3, -0.25) is 9.69 Å². The monoisotopic (exact) mass is 281 g/mol. The van der Waals surface area contributed by atoms with Gasteiger partial charge in [-0.2, -0.15) is 0 Å².